The minimum Gasteiger partial charge on any atom is -0.462 e. The molecule has 1 aromatic heterocycles. The second kappa shape index (κ2) is 10.9. The first-order valence-corrected chi connectivity index (χ1v) is 13.9. The van der Waals surface area contributed by atoms with Gasteiger partial charge in [-0.05, 0) is 55.3 Å². The van der Waals surface area contributed by atoms with E-state index in [4.69, 9.17) is 14.7 Å². The van der Waals surface area contributed by atoms with Gasteiger partial charge < -0.3 is 19.9 Å². The first-order valence-electron chi connectivity index (χ1n) is 13.9. The number of aromatic nitrogens is 2. The van der Waals surface area contributed by atoms with Crippen LogP contribution < -0.4 is 15.0 Å². The quantitative estimate of drug-likeness (QED) is 0.515. The summed E-state index contributed by atoms with van der Waals surface area (Å²) in [5.41, 5.74) is 4.93. The van der Waals surface area contributed by atoms with Crippen LogP contribution in [-0.4, -0.2) is 71.7 Å². The molecule has 2 aromatic carbocycles. The third-order valence-electron chi connectivity index (χ3n) is 8.37. The van der Waals surface area contributed by atoms with Crippen molar-refractivity contribution >= 4 is 16.6 Å². The molecule has 2 fully saturated rings. The first kappa shape index (κ1) is 25.1. The van der Waals surface area contributed by atoms with Crippen LogP contribution in [0.3, 0.4) is 0 Å². The van der Waals surface area contributed by atoms with Gasteiger partial charge in [0.2, 0.25) is 0 Å². The molecule has 0 spiro atoms. The number of fused-ring (bicyclic) bond motifs is 2. The van der Waals surface area contributed by atoms with Gasteiger partial charge in [0.05, 0.1) is 18.2 Å². The lowest BCUT2D eigenvalue weighted by molar-refractivity contribution is 0.187. The number of anilines is 1. The number of nitrogens with one attached hydrogen (secondary N) is 1. The molecular formula is C30H37N7O. The lowest BCUT2D eigenvalue weighted by atomic mass is 10.00. The van der Waals surface area contributed by atoms with Crippen molar-refractivity contribution in [2.24, 2.45) is 0 Å². The number of benzene rings is 2. The van der Waals surface area contributed by atoms with Crippen LogP contribution in [0.1, 0.15) is 41.6 Å². The van der Waals surface area contributed by atoms with Crippen molar-refractivity contribution in [1.82, 2.24) is 25.1 Å². The van der Waals surface area contributed by atoms with Crippen LogP contribution >= 0.6 is 0 Å². The highest BCUT2D eigenvalue weighted by Gasteiger charge is 2.31. The summed E-state index contributed by atoms with van der Waals surface area (Å²) in [6, 6.07) is 16.5. The van der Waals surface area contributed by atoms with Gasteiger partial charge in [0.25, 0.3) is 0 Å². The minimum absolute atomic E-state index is 0.145. The van der Waals surface area contributed by atoms with E-state index in [0.29, 0.717) is 25.1 Å². The Morgan fingerprint density at radius 3 is 2.82 bits per heavy atom. The lowest BCUT2D eigenvalue weighted by Gasteiger charge is -2.34. The zero-order chi connectivity index (χ0) is 26.1. The SMILES string of the molecule is Cc1cccc2cccc(CN3Cc4nc(OCC5CCCN5C)nc(N5CCNC(CC#N)C5)c4C3)c12. The first-order chi connectivity index (χ1) is 18.6. The molecule has 2 atom stereocenters. The fourth-order valence-electron chi connectivity index (χ4n) is 6.33. The summed E-state index contributed by atoms with van der Waals surface area (Å²) in [6.45, 7) is 8.85. The zero-order valence-electron chi connectivity index (χ0n) is 22.5. The maximum absolute atomic E-state index is 9.27. The highest BCUT2D eigenvalue weighted by Crippen LogP contribution is 2.34. The van der Waals surface area contributed by atoms with E-state index in [1.54, 1.807) is 0 Å². The van der Waals surface area contributed by atoms with Gasteiger partial charge in [-0.1, -0.05) is 36.4 Å². The van der Waals surface area contributed by atoms with E-state index in [2.05, 4.69) is 76.5 Å². The molecule has 8 nitrogen and oxygen atoms in total. The smallest absolute Gasteiger partial charge is 0.318 e. The van der Waals surface area contributed by atoms with E-state index >= 15 is 0 Å². The number of piperazine rings is 1. The average Bonchev–Trinajstić information content (AvgIpc) is 3.52. The van der Waals surface area contributed by atoms with Crippen LogP contribution in [0.2, 0.25) is 0 Å². The Balaban J connectivity index is 1.28. The summed E-state index contributed by atoms with van der Waals surface area (Å²) in [4.78, 5) is 17.1. The number of hydrogen-bond donors (Lipinski definition) is 1. The van der Waals surface area contributed by atoms with E-state index in [1.165, 1.54) is 33.9 Å². The minimum atomic E-state index is 0.145. The van der Waals surface area contributed by atoms with Gasteiger partial charge in [0, 0.05) is 56.9 Å². The topological polar surface area (TPSA) is 80.6 Å². The second-order valence-electron chi connectivity index (χ2n) is 11.0. The molecule has 6 rings (SSSR count). The molecule has 3 aliphatic heterocycles. The molecule has 4 heterocycles. The zero-order valence-corrected chi connectivity index (χ0v) is 22.5. The molecule has 2 saturated heterocycles. The number of likely N-dealkylation sites (N-methyl/N-ethyl adjacent to an activating group) is 1. The fourth-order valence-corrected chi connectivity index (χ4v) is 6.33. The Hall–Kier alpha value is -3.25. The fraction of sp³-hybridized carbons (Fsp3) is 0.500. The maximum Gasteiger partial charge on any atom is 0.318 e. The Kier molecular flexibility index (Phi) is 7.16. The number of hydrogen-bond acceptors (Lipinski definition) is 8. The van der Waals surface area contributed by atoms with E-state index in [-0.39, 0.29) is 6.04 Å². The summed E-state index contributed by atoms with van der Waals surface area (Å²) in [5, 5.41) is 15.4. The van der Waals surface area contributed by atoms with Crippen LogP contribution in [-0.2, 0) is 19.6 Å². The largest absolute Gasteiger partial charge is 0.462 e. The molecule has 3 aliphatic rings. The molecule has 0 amide bonds. The summed E-state index contributed by atoms with van der Waals surface area (Å²) in [7, 11) is 2.17. The van der Waals surface area contributed by atoms with Gasteiger partial charge in [0.15, 0.2) is 0 Å². The van der Waals surface area contributed by atoms with Gasteiger partial charge in [0.1, 0.15) is 12.4 Å². The Labute approximate surface area is 225 Å². The molecule has 38 heavy (non-hydrogen) atoms. The standard InChI is InChI=1S/C30H37N7O/c1-21-6-3-7-22-8-4-9-23(28(21)22)16-36-18-26-27(19-36)33-30(38-20-25-10-5-14-35(25)2)34-29(26)37-15-13-32-24(17-37)11-12-31/h3-4,6-9,24-25,32H,5,10-11,13-20H2,1-2H3. The summed E-state index contributed by atoms with van der Waals surface area (Å²) in [5.74, 6) is 0.978. The van der Waals surface area contributed by atoms with Gasteiger partial charge >= 0.3 is 6.01 Å². The molecule has 198 valence electrons. The highest BCUT2D eigenvalue weighted by molar-refractivity contribution is 5.88. The van der Waals surface area contributed by atoms with E-state index in [9.17, 15) is 5.26 Å². The number of aryl methyl sites for hydroxylation is 1. The van der Waals surface area contributed by atoms with E-state index < -0.39 is 0 Å². The van der Waals surface area contributed by atoms with Crippen molar-refractivity contribution < 1.29 is 4.74 Å². The Morgan fingerprint density at radius 1 is 1.13 bits per heavy atom. The summed E-state index contributed by atoms with van der Waals surface area (Å²) < 4.78 is 6.24. The molecule has 0 radical (unpaired) electrons. The van der Waals surface area contributed by atoms with Crippen LogP contribution in [0.15, 0.2) is 36.4 Å². The van der Waals surface area contributed by atoms with Crippen molar-refractivity contribution in [3.05, 3.63) is 58.8 Å². The van der Waals surface area contributed by atoms with Crippen LogP contribution in [0, 0.1) is 18.3 Å². The molecule has 2 unspecified atom stereocenters. The molecule has 1 N–H and O–H groups in total. The third kappa shape index (κ3) is 5.06. The molecule has 0 bridgehead atoms. The van der Waals surface area contributed by atoms with Crippen molar-refractivity contribution in [2.45, 2.75) is 57.9 Å². The number of nitrogens with zero attached hydrogens (tertiary/aromatic N) is 6. The van der Waals surface area contributed by atoms with Gasteiger partial charge in [-0.2, -0.15) is 15.2 Å². The van der Waals surface area contributed by atoms with Gasteiger partial charge in [-0.25, -0.2) is 0 Å². The van der Waals surface area contributed by atoms with E-state index in [0.717, 1.165) is 63.7 Å². The summed E-state index contributed by atoms with van der Waals surface area (Å²) >= 11 is 0. The maximum atomic E-state index is 9.27. The Bertz CT molecular complexity index is 1350. The number of nitriles is 1. The molecule has 0 aliphatic carbocycles. The van der Waals surface area contributed by atoms with Crippen molar-refractivity contribution in [3.8, 4) is 12.1 Å². The summed E-state index contributed by atoms with van der Waals surface area (Å²) in [6.07, 6.45) is 2.86. The number of likely N-dealkylation sites (tertiary alicyclic amines) is 1. The highest BCUT2D eigenvalue weighted by atomic mass is 16.5. The van der Waals surface area contributed by atoms with Crippen molar-refractivity contribution in [3.63, 3.8) is 0 Å². The van der Waals surface area contributed by atoms with Crippen LogP contribution in [0.5, 0.6) is 6.01 Å². The average molecular weight is 512 g/mol. The third-order valence-corrected chi connectivity index (χ3v) is 8.37. The molecular weight excluding hydrogens is 474 g/mol. The van der Waals surface area contributed by atoms with Crippen LogP contribution in [0.4, 0.5) is 5.82 Å². The van der Waals surface area contributed by atoms with Crippen LogP contribution in [0.25, 0.3) is 10.8 Å². The number of rotatable bonds is 7. The monoisotopic (exact) mass is 511 g/mol. The van der Waals surface area contributed by atoms with Crippen molar-refractivity contribution in [1.29, 1.82) is 5.26 Å². The Morgan fingerprint density at radius 2 is 2.00 bits per heavy atom. The molecule has 0 saturated carbocycles. The van der Waals surface area contributed by atoms with Gasteiger partial charge in [-0.15, -0.1) is 0 Å². The predicted octanol–water partition coefficient (Wildman–Crippen LogP) is 3.62. The number of ether oxygens (including phenoxy) is 1. The van der Waals surface area contributed by atoms with Gasteiger partial charge in [-0.3, -0.25) is 4.90 Å². The second-order valence-corrected chi connectivity index (χ2v) is 11.0. The normalized spacial score (nSPS) is 22.1. The molecule has 8 heteroatoms. The predicted molar refractivity (Wildman–Crippen MR) is 149 cm³/mol. The lowest BCUT2D eigenvalue weighted by Crippen LogP contribution is -2.51. The van der Waals surface area contributed by atoms with Crippen molar-refractivity contribution in [2.75, 3.05) is 44.7 Å². The molecule has 3 aromatic rings. The van der Waals surface area contributed by atoms with E-state index in [1.807, 2.05) is 0 Å².